The average molecular weight is 367 g/mol. The number of alkyl halides is 4. The van der Waals surface area contributed by atoms with Crippen molar-refractivity contribution in [2.45, 2.75) is 49.7 Å². The maximum atomic E-state index is 13.2. The second kappa shape index (κ2) is 4.49. The number of allylic oxidation sites excluding steroid dienone is 1. The van der Waals surface area contributed by atoms with Crippen LogP contribution in [-0.2, 0) is 9.53 Å². The van der Waals surface area contributed by atoms with Crippen LogP contribution >= 0.6 is 15.9 Å². The van der Waals surface area contributed by atoms with Crippen LogP contribution in [0.2, 0.25) is 0 Å². The van der Waals surface area contributed by atoms with Gasteiger partial charge in [0.1, 0.15) is 0 Å². The standard InChI is InChI=1S/C15H18BrF3O2/c1-8(2)21-14(16)11-4-9-3-10(5-11)7-13(14,6-9)12(20)15(17,18)19/h9-11H,1,3-7H2,2H3. The van der Waals surface area contributed by atoms with E-state index in [1.54, 1.807) is 6.92 Å². The number of Topliss-reactive ketones (excluding diaryl/α,β-unsaturated/α-hetero) is 1. The van der Waals surface area contributed by atoms with E-state index >= 15 is 0 Å². The number of carbonyl (C=O) groups is 1. The molecular formula is C15H18BrF3O2. The lowest BCUT2D eigenvalue weighted by molar-refractivity contribution is -0.222. The number of halogens is 4. The lowest BCUT2D eigenvalue weighted by Gasteiger charge is -2.63. The van der Waals surface area contributed by atoms with Gasteiger partial charge in [-0.05, 0) is 66.8 Å². The molecule has 4 bridgehead atoms. The van der Waals surface area contributed by atoms with Crippen LogP contribution in [0.1, 0.15) is 39.0 Å². The highest BCUT2D eigenvalue weighted by atomic mass is 79.9. The van der Waals surface area contributed by atoms with E-state index in [0.717, 1.165) is 19.3 Å². The molecule has 0 aliphatic heterocycles. The summed E-state index contributed by atoms with van der Waals surface area (Å²) in [7, 11) is 0. The summed E-state index contributed by atoms with van der Waals surface area (Å²) in [5.41, 5.74) is -1.50. The number of carbonyl (C=O) groups excluding carboxylic acids is 1. The summed E-state index contributed by atoms with van der Waals surface area (Å²) in [5.74, 6) is -0.950. The van der Waals surface area contributed by atoms with Crippen molar-refractivity contribution < 1.29 is 22.7 Å². The predicted molar refractivity (Wildman–Crippen MR) is 74.6 cm³/mol. The van der Waals surface area contributed by atoms with Crippen LogP contribution in [-0.4, -0.2) is 16.5 Å². The van der Waals surface area contributed by atoms with Crippen LogP contribution in [0.3, 0.4) is 0 Å². The van der Waals surface area contributed by atoms with Gasteiger partial charge in [0, 0.05) is 5.92 Å². The van der Waals surface area contributed by atoms with Crippen molar-refractivity contribution in [3.8, 4) is 0 Å². The molecule has 118 valence electrons. The van der Waals surface area contributed by atoms with Crippen molar-refractivity contribution in [3.63, 3.8) is 0 Å². The lowest BCUT2D eigenvalue weighted by atomic mass is 9.47. The van der Waals surface area contributed by atoms with Crippen molar-refractivity contribution >= 4 is 21.7 Å². The zero-order valence-corrected chi connectivity index (χ0v) is 13.4. The average Bonchev–Trinajstić information content (AvgIpc) is 2.32. The van der Waals surface area contributed by atoms with Crippen molar-refractivity contribution in [2.75, 3.05) is 0 Å². The maximum Gasteiger partial charge on any atom is 0.450 e. The summed E-state index contributed by atoms with van der Waals surface area (Å²) < 4.78 is 44.1. The molecule has 3 unspecified atom stereocenters. The second-order valence-corrected chi connectivity index (χ2v) is 8.08. The Hall–Kier alpha value is -0.520. The number of hydrogen-bond donors (Lipinski definition) is 0. The molecule has 21 heavy (non-hydrogen) atoms. The Morgan fingerprint density at radius 3 is 2.19 bits per heavy atom. The molecule has 4 aliphatic rings. The summed E-state index contributed by atoms with van der Waals surface area (Å²) in [4.78, 5) is 12.3. The first kappa shape index (κ1) is 15.4. The highest BCUT2D eigenvalue weighted by molar-refractivity contribution is 9.10. The van der Waals surface area contributed by atoms with Gasteiger partial charge in [-0.3, -0.25) is 4.79 Å². The molecule has 4 aliphatic carbocycles. The van der Waals surface area contributed by atoms with Gasteiger partial charge in [0.25, 0.3) is 0 Å². The van der Waals surface area contributed by atoms with E-state index in [-0.39, 0.29) is 30.6 Å². The molecule has 2 nitrogen and oxygen atoms in total. The molecule has 0 aromatic rings. The van der Waals surface area contributed by atoms with Crippen LogP contribution in [0, 0.1) is 23.2 Å². The van der Waals surface area contributed by atoms with Crippen LogP contribution in [0.4, 0.5) is 13.2 Å². The van der Waals surface area contributed by atoms with Crippen molar-refractivity contribution in [1.82, 2.24) is 0 Å². The lowest BCUT2D eigenvalue weighted by Crippen LogP contribution is -2.67. The smallest absolute Gasteiger partial charge is 0.450 e. The number of hydrogen-bond acceptors (Lipinski definition) is 2. The van der Waals surface area contributed by atoms with Crippen LogP contribution in [0.15, 0.2) is 12.3 Å². The third-order valence-corrected chi connectivity index (χ3v) is 6.94. The van der Waals surface area contributed by atoms with E-state index in [1.807, 2.05) is 0 Å². The van der Waals surface area contributed by atoms with Crippen molar-refractivity contribution in [2.24, 2.45) is 23.2 Å². The molecule has 0 amide bonds. The fraction of sp³-hybridized carbons (Fsp3) is 0.800. The van der Waals surface area contributed by atoms with E-state index in [1.165, 1.54) is 0 Å². The van der Waals surface area contributed by atoms with Gasteiger partial charge >= 0.3 is 6.18 Å². The minimum atomic E-state index is -4.83. The largest absolute Gasteiger partial charge is 0.480 e. The summed E-state index contributed by atoms with van der Waals surface area (Å²) in [6.07, 6.45) is -1.72. The van der Waals surface area contributed by atoms with Crippen LogP contribution in [0.5, 0.6) is 0 Å². The Kier molecular flexibility index (Phi) is 3.29. The first-order chi connectivity index (χ1) is 9.58. The molecular weight excluding hydrogens is 349 g/mol. The topological polar surface area (TPSA) is 26.3 Å². The predicted octanol–water partition coefficient (Wildman–Crippen LogP) is 4.59. The van der Waals surface area contributed by atoms with Gasteiger partial charge in [0.15, 0.2) is 4.51 Å². The van der Waals surface area contributed by atoms with Gasteiger partial charge in [0.05, 0.1) is 11.2 Å². The normalized spacial score (nSPS) is 44.7. The van der Waals surface area contributed by atoms with Crippen molar-refractivity contribution in [3.05, 3.63) is 12.3 Å². The molecule has 0 N–H and O–H groups in total. The third kappa shape index (κ3) is 2.08. The summed E-state index contributed by atoms with van der Waals surface area (Å²) in [5, 5.41) is 0. The number of rotatable bonds is 3. The Morgan fingerprint density at radius 2 is 1.76 bits per heavy atom. The molecule has 0 aromatic carbocycles. The molecule has 4 fully saturated rings. The van der Waals surface area contributed by atoms with Crippen LogP contribution in [0.25, 0.3) is 0 Å². The summed E-state index contributed by atoms with van der Waals surface area (Å²) in [6.45, 7) is 5.27. The van der Waals surface area contributed by atoms with Gasteiger partial charge in [-0.1, -0.05) is 6.58 Å². The quantitative estimate of drug-likeness (QED) is 0.539. The van der Waals surface area contributed by atoms with Crippen molar-refractivity contribution in [1.29, 1.82) is 0 Å². The Morgan fingerprint density at radius 1 is 1.24 bits per heavy atom. The Balaban J connectivity index is 2.08. The number of ketones is 1. The molecule has 4 saturated carbocycles. The number of ether oxygens (including phenoxy) is 1. The van der Waals surface area contributed by atoms with Crippen LogP contribution < -0.4 is 0 Å². The van der Waals surface area contributed by atoms with E-state index in [4.69, 9.17) is 4.74 Å². The third-order valence-electron chi connectivity index (χ3n) is 5.37. The Bertz CT molecular complexity index is 488. The summed E-state index contributed by atoms with van der Waals surface area (Å²) in [6, 6.07) is 0. The van der Waals surface area contributed by atoms with E-state index in [0.29, 0.717) is 5.76 Å². The van der Waals surface area contributed by atoms with Gasteiger partial charge < -0.3 is 4.74 Å². The second-order valence-electron chi connectivity index (χ2n) is 6.90. The molecule has 3 atom stereocenters. The first-order valence-electron chi connectivity index (χ1n) is 7.23. The first-order valence-corrected chi connectivity index (χ1v) is 8.03. The molecule has 0 saturated heterocycles. The minimum absolute atomic E-state index is 0.0632. The zero-order chi connectivity index (χ0) is 15.6. The van der Waals surface area contributed by atoms with E-state index in [2.05, 4.69) is 22.5 Å². The molecule has 0 heterocycles. The molecule has 0 aromatic heterocycles. The minimum Gasteiger partial charge on any atom is -0.480 e. The maximum absolute atomic E-state index is 13.2. The van der Waals surface area contributed by atoms with Gasteiger partial charge in [-0.25, -0.2) is 0 Å². The zero-order valence-electron chi connectivity index (χ0n) is 11.8. The highest BCUT2D eigenvalue weighted by Crippen LogP contribution is 2.69. The summed E-state index contributed by atoms with van der Waals surface area (Å²) >= 11 is 3.43. The van der Waals surface area contributed by atoms with Gasteiger partial charge in [-0.2, -0.15) is 13.2 Å². The van der Waals surface area contributed by atoms with E-state index in [9.17, 15) is 18.0 Å². The fourth-order valence-corrected chi connectivity index (χ4v) is 6.14. The fourth-order valence-electron chi connectivity index (χ4n) is 4.99. The molecule has 6 heteroatoms. The highest BCUT2D eigenvalue weighted by Gasteiger charge is 2.73. The van der Waals surface area contributed by atoms with Gasteiger partial charge in [-0.15, -0.1) is 0 Å². The molecule has 0 radical (unpaired) electrons. The molecule has 0 spiro atoms. The Labute approximate surface area is 130 Å². The SMILES string of the molecule is C=C(C)OC1(Br)C2CC3CC(C2)CC1(C(=O)C(F)(F)F)C3. The molecule has 4 rings (SSSR count). The monoisotopic (exact) mass is 366 g/mol. The van der Waals surface area contributed by atoms with E-state index < -0.39 is 21.9 Å². The van der Waals surface area contributed by atoms with Gasteiger partial charge in [0.2, 0.25) is 5.78 Å².